The molecule has 0 saturated carbocycles. The van der Waals surface area contributed by atoms with Gasteiger partial charge in [0, 0.05) is 23.3 Å². The minimum atomic E-state index is -0.262. The lowest BCUT2D eigenvalue weighted by Crippen LogP contribution is -2.25. The fourth-order valence-corrected chi connectivity index (χ4v) is 3.26. The molecule has 0 bridgehead atoms. The van der Waals surface area contributed by atoms with Gasteiger partial charge in [-0.15, -0.1) is 0 Å². The summed E-state index contributed by atoms with van der Waals surface area (Å²) in [5.41, 5.74) is 9.01. The minimum Gasteiger partial charge on any atom is -0.369 e. The molecule has 0 saturated heterocycles. The van der Waals surface area contributed by atoms with Crippen LogP contribution < -0.4 is 5.73 Å². The topological polar surface area (TPSA) is 56.0 Å². The average Bonchev–Trinajstić information content (AvgIpc) is 2.92. The van der Waals surface area contributed by atoms with E-state index in [1.165, 1.54) is 5.57 Å². The number of benzene rings is 1. The van der Waals surface area contributed by atoms with Gasteiger partial charge in [-0.05, 0) is 42.2 Å². The molecule has 1 aliphatic rings. The first-order chi connectivity index (χ1) is 10.6. The Hall–Kier alpha value is -2.13. The zero-order chi connectivity index (χ0) is 15.5. The maximum absolute atomic E-state index is 11.8. The number of hydrogen-bond donors (Lipinski definition) is 1. The number of pyridine rings is 1. The van der Waals surface area contributed by atoms with E-state index < -0.39 is 0 Å². The molecule has 2 N–H and O–H groups in total. The number of allylic oxidation sites excluding steroid dienone is 2. The third kappa shape index (κ3) is 3.20. The molecule has 0 spiro atoms. The lowest BCUT2D eigenvalue weighted by atomic mass is 9.88. The predicted octanol–water partition coefficient (Wildman–Crippen LogP) is 3.49. The summed E-state index contributed by atoms with van der Waals surface area (Å²) in [4.78, 5) is 15.9. The van der Waals surface area contributed by atoms with Crippen LogP contribution in [0.25, 0.3) is 0 Å². The molecule has 3 rings (SSSR count). The van der Waals surface area contributed by atoms with Crippen molar-refractivity contribution in [3.63, 3.8) is 0 Å². The van der Waals surface area contributed by atoms with Crippen LogP contribution in [0.1, 0.15) is 23.5 Å². The Bertz CT molecular complexity index is 712. The number of nitrogens with zero attached hydrogens (tertiary/aromatic N) is 1. The van der Waals surface area contributed by atoms with Crippen molar-refractivity contribution < 1.29 is 4.79 Å². The quantitative estimate of drug-likeness (QED) is 0.879. The fourth-order valence-electron chi connectivity index (χ4n) is 3.06. The first-order valence-corrected chi connectivity index (χ1v) is 7.64. The number of halogens is 1. The van der Waals surface area contributed by atoms with Gasteiger partial charge in [0.2, 0.25) is 5.91 Å². The summed E-state index contributed by atoms with van der Waals surface area (Å²) in [7, 11) is 0. The number of rotatable bonds is 4. The molecule has 1 aliphatic carbocycles. The fraction of sp³-hybridized carbons (Fsp3) is 0.222. The summed E-state index contributed by atoms with van der Waals surface area (Å²) in [6.07, 6.45) is 7.27. The van der Waals surface area contributed by atoms with Crippen LogP contribution in [0.2, 0.25) is 5.02 Å². The van der Waals surface area contributed by atoms with E-state index in [-0.39, 0.29) is 17.7 Å². The van der Waals surface area contributed by atoms with Crippen molar-refractivity contribution in [2.75, 3.05) is 0 Å². The Morgan fingerprint density at radius 1 is 1.32 bits per heavy atom. The van der Waals surface area contributed by atoms with E-state index in [2.05, 4.69) is 11.1 Å². The van der Waals surface area contributed by atoms with Crippen molar-refractivity contribution >= 4 is 17.5 Å². The van der Waals surface area contributed by atoms with Crippen LogP contribution in [0, 0.1) is 5.92 Å². The van der Waals surface area contributed by atoms with Crippen molar-refractivity contribution in [1.29, 1.82) is 0 Å². The van der Waals surface area contributed by atoms with Gasteiger partial charge in [-0.25, -0.2) is 0 Å². The Balaban J connectivity index is 1.87. The van der Waals surface area contributed by atoms with E-state index in [1.54, 1.807) is 6.20 Å². The average molecular weight is 313 g/mol. The number of primary amides is 1. The second-order valence-corrected chi connectivity index (χ2v) is 6.09. The number of carbonyl (C=O) groups excluding carboxylic acids is 1. The van der Waals surface area contributed by atoms with E-state index in [1.807, 2.05) is 42.6 Å². The van der Waals surface area contributed by atoms with Gasteiger partial charge >= 0.3 is 0 Å². The van der Waals surface area contributed by atoms with Gasteiger partial charge in [-0.2, -0.15) is 0 Å². The largest absolute Gasteiger partial charge is 0.369 e. The zero-order valence-electron chi connectivity index (χ0n) is 12.1. The molecule has 0 unspecified atom stereocenters. The molecule has 1 aromatic carbocycles. The lowest BCUT2D eigenvalue weighted by Gasteiger charge is -2.16. The molecule has 3 nitrogen and oxygen atoms in total. The van der Waals surface area contributed by atoms with Crippen molar-refractivity contribution in [3.8, 4) is 0 Å². The maximum atomic E-state index is 11.8. The van der Waals surface area contributed by atoms with Crippen LogP contribution in [-0.4, -0.2) is 10.9 Å². The molecule has 22 heavy (non-hydrogen) atoms. The molecule has 0 aliphatic heterocycles. The Morgan fingerprint density at radius 3 is 2.86 bits per heavy atom. The second kappa shape index (κ2) is 6.32. The first kappa shape index (κ1) is 14.8. The summed E-state index contributed by atoms with van der Waals surface area (Å²) in [5.74, 6) is -0.463. The standard InChI is InChI=1S/C18H17ClN2O/c19-15-5-1-4-14(10-15)16-8-13(9-17(16)18(20)22)7-12-3-2-6-21-11-12/h1-6,8,10-11,16-17H,7,9H2,(H2,20,22)/t16-,17-/m0/s1. The Kier molecular flexibility index (Phi) is 4.25. The molecule has 1 heterocycles. The molecule has 4 heteroatoms. The SMILES string of the molecule is NC(=O)[C@H]1CC(Cc2cccnc2)=C[C@H]1c1cccc(Cl)c1. The monoisotopic (exact) mass is 312 g/mol. The normalized spacial score (nSPS) is 20.7. The van der Waals surface area contributed by atoms with Crippen LogP contribution in [0.4, 0.5) is 0 Å². The van der Waals surface area contributed by atoms with Gasteiger partial charge in [-0.1, -0.05) is 41.4 Å². The van der Waals surface area contributed by atoms with E-state index in [0.29, 0.717) is 11.4 Å². The molecular weight excluding hydrogens is 296 g/mol. The number of aromatic nitrogens is 1. The highest BCUT2D eigenvalue weighted by molar-refractivity contribution is 6.30. The molecule has 2 atom stereocenters. The number of hydrogen-bond acceptors (Lipinski definition) is 2. The van der Waals surface area contributed by atoms with E-state index in [0.717, 1.165) is 17.5 Å². The van der Waals surface area contributed by atoms with Crippen LogP contribution in [0.5, 0.6) is 0 Å². The third-order valence-electron chi connectivity index (χ3n) is 4.08. The first-order valence-electron chi connectivity index (χ1n) is 7.27. The van der Waals surface area contributed by atoms with Gasteiger partial charge < -0.3 is 5.73 Å². The molecule has 0 fully saturated rings. The molecule has 1 amide bonds. The number of amides is 1. The van der Waals surface area contributed by atoms with Crippen molar-refractivity contribution in [2.24, 2.45) is 11.7 Å². The summed E-state index contributed by atoms with van der Waals surface area (Å²) in [6.45, 7) is 0. The second-order valence-electron chi connectivity index (χ2n) is 5.66. The van der Waals surface area contributed by atoms with Crippen LogP contribution in [0.3, 0.4) is 0 Å². The Labute approximate surface area is 134 Å². The van der Waals surface area contributed by atoms with Crippen molar-refractivity contribution in [3.05, 3.63) is 76.6 Å². The van der Waals surface area contributed by atoms with Gasteiger partial charge in [-0.3, -0.25) is 9.78 Å². The van der Waals surface area contributed by atoms with E-state index >= 15 is 0 Å². The smallest absolute Gasteiger partial charge is 0.221 e. The Morgan fingerprint density at radius 2 is 2.18 bits per heavy atom. The number of nitrogens with two attached hydrogens (primary N) is 1. The highest BCUT2D eigenvalue weighted by atomic mass is 35.5. The zero-order valence-corrected chi connectivity index (χ0v) is 12.8. The molecule has 0 radical (unpaired) electrons. The summed E-state index contributed by atoms with van der Waals surface area (Å²) >= 11 is 6.07. The van der Waals surface area contributed by atoms with E-state index in [4.69, 9.17) is 17.3 Å². The van der Waals surface area contributed by atoms with Crippen LogP contribution >= 0.6 is 11.6 Å². The number of carbonyl (C=O) groups is 1. The predicted molar refractivity (Wildman–Crippen MR) is 87.5 cm³/mol. The summed E-state index contributed by atoms with van der Waals surface area (Å²) in [5, 5.41) is 0.676. The molecule has 112 valence electrons. The maximum Gasteiger partial charge on any atom is 0.221 e. The molecule has 2 aromatic rings. The van der Waals surface area contributed by atoms with Crippen LogP contribution in [-0.2, 0) is 11.2 Å². The summed E-state index contributed by atoms with van der Waals surface area (Å²) in [6, 6.07) is 11.6. The third-order valence-corrected chi connectivity index (χ3v) is 4.32. The van der Waals surface area contributed by atoms with Crippen molar-refractivity contribution in [1.82, 2.24) is 4.98 Å². The van der Waals surface area contributed by atoms with Gasteiger partial charge in [0.25, 0.3) is 0 Å². The van der Waals surface area contributed by atoms with Gasteiger partial charge in [0.1, 0.15) is 0 Å². The molecular formula is C18H17ClN2O. The van der Waals surface area contributed by atoms with Crippen molar-refractivity contribution in [2.45, 2.75) is 18.8 Å². The van der Waals surface area contributed by atoms with Gasteiger partial charge in [0.05, 0.1) is 5.92 Å². The minimum absolute atomic E-state index is 0.00266. The highest BCUT2D eigenvalue weighted by Gasteiger charge is 2.32. The van der Waals surface area contributed by atoms with Crippen LogP contribution in [0.15, 0.2) is 60.4 Å². The van der Waals surface area contributed by atoms with Gasteiger partial charge in [0.15, 0.2) is 0 Å². The molecule has 1 aromatic heterocycles. The summed E-state index contributed by atoms with van der Waals surface area (Å²) < 4.78 is 0. The lowest BCUT2D eigenvalue weighted by molar-refractivity contribution is -0.121. The van der Waals surface area contributed by atoms with E-state index in [9.17, 15) is 4.79 Å². The highest BCUT2D eigenvalue weighted by Crippen LogP contribution is 2.39.